The molecular weight excluding hydrogens is 226 g/mol. The van der Waals surface area contributed by atoms with E-state index >= 15 is 0 Å². The number of nitro benzene ring substituents is 1. The van der Waals surface area contributed by atoms with Gasteiger partial charge in [0.2, 0.25) is 0 Å². The quantitative estimate of drug-likeness (QED) is 0.488. The molecule has 17 heavy (non-hydrogen) atoms. The van der Waals surface area contributed by atoms with Crippen LogP contribution in [-0.4, -0.2) is 36.3 Å². The summed E-state index contributed by atoms with van der Waals surface area (Å²) in [6.45, 7) is 1.31. The molecule has 1 aromatic rings. The van der Waals surface area contributed by atoms with Gasteiger partial charge in [0.25, 0.3) is 5.69 Å². The standard InChI is InChI=1S/C8H9NO4.C2H8N2/c10-5-6-13-8-3-1-7(2-4-8)9(11)12;3-1-2-4/h1-4,10H,5-6H2;1-4H2. The van der Waals surface area contributed by atoms with Crippen LogP contribution in [-0.2, 0) is 0 Å². The minimum Gasteiger partial charge on any atom is -0.491 e. The molecule has 0 aliphatic rings. The highest BCUT2D eigenvalue weighted by molar-refractivity contribution is 5.35. The van der Waals surface area contributed by atoms with Crippen LogP contribution in [0.4, 0.5) is 5.69 Å². The van der Waals surface area contributed by atoms with E-state index in [9.17, 15) is 10.1 Å². The van der Waals surface area contributed by atoms with Crippen LogP contribution in [0.1, 0.15) is 0 Å². The third-order valence-corrected chi connectivity index (χ3v) is 1.57. The maximum absolute atomic E-state index is 10.3. The van der Waals surface area contributed by atoms with Gasteiger partial charge in [-0.25, -0.2) is 0 Å². The van der Waals surface area contributed by atoms with Crippen molar-refractivity contribution in [3.63, 3.8) is 0 Å². The molecular formula is C10H17N3O4. The summed E-state index contributed by atoms with van der Waals surface area (Å²) in [6.07, 6.45) is 0. The molecule has 96 valence electrons. The number of hydrogen-bond acceptors (Lipinski definition) is 6. The second-order valence-corrected chi connectivity index (χ2v) is 2.90. The fraction of sp³-hybridized carbons (Fsp3) is 0.400. The predicted octanol–water partition coefficient (Wildman–Crippen LogP) is -0.130. The highest BCUT2D eigenvalue weighted by atomic mass is 16.6. The summed E-state index contributed by atoms with van der Waals surface area (Å²) in [5.41, 5.74) is 9.83. The Bertz CT molecular complexity index is 314. The van der Waals surface area contributed by atoms with E-state index in [1.165, 1.54) is 24.3 Å². The molecule has 0 fully saturated rings. The molecule has 7 nitrogen and oxygen atoms in total. The van der Waals surface area contributed by atoms with Gasteiger partial charge in [0.1, 0.15) is 12.4 Å². The summed E-state index contributed by atoms with van der Waals surface area (Å²) in [7, 11) is 0. The molecule has 0 atom stereocenters. The van der Waals surface area contributed by atoms with E-state index in [0.29, 0.717) is 18.8 Å². The Morgan fingerprint density at radius 3 is 2.12 bits per heavy atom. The van der Waals surface area contributed by atoms with Crippen LogP contribution in [0.15, 0.2) is 24.3 Å². The Morgan fingerprint density at radius 1 is 1.24 bits per heavy atom. The fourth-order valence-corrected chi connectivity index (χ4v) is 0.828. The zero-order valence-corrected chi connectivity index (χ0v) is 9.41. The summed E-state index contributed by atoms with van der Waals surface area (Å²) in [4.78, 5) is 9.77. The lowest BCUT2D eigenvalue weighted by Crippen LogP contribution is -2.11. The molecule has 0 saturated heterocycles. The number of rotatable bonds is 5. The Morgan fingerprint density at radius 2 is 1.76 bits per heavy atom. The minimum absolute atomic E-state index is 0.0244. The Balaban J connectivity index is 0.000000557. The largest absolute Gasteiger partial charge is 0.491 e. The minimum atomic E-state index is -0.476. The predicted molar refractivity (Wildman–Crippen MR) is 63.8 cm³/mol. The summed E-state index contributed by atoms with van der Waals surface area (Å²) < 4.78 is 5.02. The highest BCUT2D eigenvalue weighted by Crippen LogP contribution is 2.16. The van der Waals surface area contributed by atoms with E-state index < -0.39 is 4.92 Å². The second-order valence-electron chi connectivity index (χ2n) is 2.90. The van der Waals surface area contributed by atoms with Gasteiger partial charge in [-0.2, -0.15) is 0 Å². The van der Waals surface area contributed by atoms with E-state index in [4.69, 9.17) is 21.3 Å². The number of aliphatic hydroxyl groups excluding tert-OH is 1. The second kappa shape index (κ2) is 9.52. The fourth-order valence-electron chi connectivity index (χ4n) is 0.828. The molecule has 5 N–H and O–H groups in total. The lowest BCUT2D eigenvalue weighted by atomic mass is 10.3. The average Bonchev–Trinajstić information content (AvgIpc) is 2.37. The van der Waals surface area contributed by atoms with Crippen LogP contribution in [0.3, 0.4) is 0 Å². The molecule has 0 aliphatic carbocycles. The Hall–Kier alpha value is -1.70. The zero-order chi connectivity index (χ0) is 13.1. The lowest BCUT2D eigenvalue weighted by Gasteiger charge is -2.02. The van der Waals surface area contributed by atoms with Crippen LogP contribution >= 0.6 is 0 Å². The number of nitro groups is 1. The average molecular weight is 243 g/mol. The molecule has 0 amide bonds. The van der Waals surface area contributed by atoms with Gasteiger partial charge in [0.15, 0.2) is 0 Å². The summed E-state index contributed by atoms with van der Waals surface area (Å²) in [5, 5.41) is 18.7. The van der Waals surface area contributed by atoms with Crippen LogP contribution in [0.5, 0.6) is 5.75 Å². The Kier molecular flexibility index (Phi) is 8.57. The molecule has 0 heterocycles. The number of non-ortho nitro benzene ring substituents is 1. The van der Waals surface area contributed by atoms with Crippen molar-refractivity contribution in [2.75, 3.05) is 26.3 Å². The first-order valence-electron chi connectivity index (χ1n) is 5.04. The van der Waals surface area contributed by atoms with Gasteiger partial charge in [-0.15, -0.1) is 0 Å². The first-order valence-corrected chi connectivity index (χ1v) is 5.04. The van der Waals surface area contributed by atoms with E-state index in [2.05, 4.69) is 0 Å². The molecule has 0 radical (unpaired) electrons. The number of ether oxygens (including phenoxy) is 1. The van der Waals surface area contributed by atoms with E-state index in [-0.39, 0.29) is 18.9 Å². The van der Waals surface area contributed by atoms with Gasteiger partial charge >= 0.3 is 0 Å². The smallest absolute Gasteiger partial charge is 0.269 e. The van der Waals surface area contributed by atoms with E-state index in [1.807, 2.05) is 0 Å². The zero-order valence-electron chi connectivity index (χ0n) is 9.41. The van der Waals surface area contributed by atoms with Crippen molar-refractivity contribution in [1.82, 2.24) is 0 Å². The van der Waals surface area contributed by atoms with Crippen molar-refractivity contribution in [3.8, 4) is 5.75 Å². The van der Waals surface area contributed by atoms with Crippen LogP contribution in [0.2, 0.25) is 0 Å². The summed E-state index contributed by atoms with van der Waals surface area (Å²) >= 11 is 0. The van der Waals surface area contributed by atoms with Crippen molar-refractivity contribution in [2.45, 2.75) is 0 Å². The van der Waals surface area contributed by atoms with Crippen LogP contribution in [0.25, 0.3) is 0 Å². The maximum atomic E-state index is 10.3. The SMILES string of the molecule is NCCN.O=[N+]([O-])c1ccc(OCCO)cc1. The van der Waals surface area contributed by atoms with Gasteiger partial charge in [-0.3, -0.25) is 10.1 Å². The third kappa shape index (κ3) is 7.23. The van der Waals surface area contributed by atoms with Gasteiger partial charge in [-0.05, 0) is 12.1 Å². The summed E-state index contributed by atoms with van der Waals surface area (Å²) in [5.74, 6) is 0.514. The van der Waals surface area contributed by atoms with Crippen molar-refractivity contribution in [2.24, 2.45) is 11.5 Å². The molecule has 0 unspecified atom stereocenters. The van der Waals surface area contributed by atoms with Crippen molar-refractivity contribution >= 4 is 5.69 Å². The van der Waals surface area contributed by atoms with Gasteiger partial charge < -0.3 is 21.3 Å². The number of benzene rings is 1. The molecule has 0 saturated carbocycles. The summed E-state index contributed by atoms with van der Waals surface area (Å²) in [6, 6.07) is 5.70. The van der Waals surface area contributed by atoms with Crippen molar-refractivity contribution < 1.29 is 14.8 Å². The molecule has 0 bridgehead atoms. The maximum Gasteiger partial charge on any atom is 0.269 e. The molecule has 1 rings (SSSR count). The van der Waals surface area contributed by atoms with Gasteiger partial charge in [-0.1, -0.05) is 0 Å². The molecule has 7 heteroatoms. The highest BCUT2D eigenvalue weighted by Gasteiger charge is 2.03. The first-order chi connectivity index (χ1) is 8.15. The van der Waals surface area contributed by atoms with Crippen LogP contribution in [0, 0.1) is 10.1 Å². The van der Waals surface area contributed by atoms with E-state index in [0.717, 1.165) is 0 Å². The van der Waals surface area contributed by atoms with Crippen LogP contribution < -0.4 is 16.2 Å². The topological polar surface area (TPSA) is 125 Å². The first kappa shape index (κ1) is 15.3. The molecule has 0 aliphatic heterocycles. The van der Waals surface area contributed by atoms with Gasteiger partial charge in [0.05, 0.1) is 11.5 Å². The molecule has 0 aromatic heterocycles. The third-order valence-electron chi connectivity index (χ3n) is 1.57. The van der Waals surface area contributed by atoms with Gasteiger partial charge in [0, 0.05) is 25.2 Å². The molecule has 1 aromatic carbocycles. The van der Waals surface area contributed by atoms with E-state index in [1.54, 1.807) is 0 Å². The lowest BCUT2D eigenvalue weighted by molar-refractivity contribution is -0.384. The number of nitrogens with zero attached hydrogens (tertiary/aromatic N) is 1. The number of aliphatic hydroxyl groups is 1. The normalized spacial score (nSPS) is 9.12. The Labute approximate surface area is 99.1 Å². The molecule has 0 spiro atoms. The van der Waals surface area contributed by atoms with Crippen molar-refractivity contribution in [3.05, 3.63) is 34.4 Å². The van der Waals surface area contributed by atoms with Crippen molar-refractivity contribution in [1.29, 1.82) is 0 Å². The number of hydrogen-bond donors (Lipinski definition) is 3. The monoisotopic (exact) mass is 243 g/mol. The number of nitrogens with two attached hydrogens (primary N) is 2.